The fraction of sp³-hybridized carbons (Fsp3) is 0.296. The average molecular weight is 477 g/mol. The zero-order chi connectivity index (χ0) is 24.5. The van der Waals surface area contributed by atoms with E-state index < -0.39 is 6.23 Å². The van der Waals surface area contributed by atoms with Gasteiger partial charge in [0.1, 0.15) is 11.5 Å². The molecule has 1 N–H and O–H groups in total. The summed E-state index contributed by atoms with van der Waals surface area (Å²) in [6, 6.07) is 16.6. The molecule has 0 aromatic heterocycles. The molecule has 5 rings (SSSR count). The van der Waals surface area contributed by atoms with Crippen LogP contribution in [0.15, 0.2) is 59.7 Å². The molecule has 0 bridgehead atoms. The van der Waals surface area contributed by atoms with Gasteiger partial charge in [0.15, 0.2) is 23.0 Å². The number of nitrogens with zero attached hydrogens (tertiary/aromatic N) is 2. The lowest BCUT2D eigenvalue weighted by molar-refractivity contribution is -0.0210. The molecule has 3 aromatic carbocycles. The number of phenols is 1. The molecule has 8 heteroatoms. The number of methoxy groups -OCH3 is 3. The van der Waals surface area contributed by atoms with E-state index in [9.17, 15) is 5.11 Å². The molecular formula is C27H28N2O6. The number of phenolic OH excluding ortho intramolecular Hbond substituents is 1. The van der Waals surface area contributed by atoms with E-state index in [1.807, 2.05) is 48.3 Å². The lowest BCUT2D eigenvalue weighted by Crippen LogP contribution is -2.33. The Kier molecular flexibility index (Phi) is 6.03. The molecule has 2 aliphatic heterocycles. The van der Waals surface area contributed by atoms with Gasteiger partial charge in [-0.25, -0.2) is 5.01 Å². The van der Waals surface area contributed by atoms with Gasteiger partial charge in [-0.05, 0) is 49.4 Å². The quantitative estimate of drug-likeness (QED) is 0.510. The summed E-state index contributed by atoms with van der Waals surface area (Å²) >= 11 is 0. The Hall–Kier alpha value is -4.07. The van der Waals surface area contributed by atoms with E-state index in [1.54, 1.807) is 39.5 Å². The summed E-state index contributed by atoms with van der Waals surface area (Å²) in [5.74, 6) is 3.41. The first-order valence-electron chi connectivity index (χ1n) is 11.4. The van der Waals surface area contributed by atoms with E-state index in [-0.39, 0.29) is 11.8 Å². The maximum absolute atomic E-state index is 10.6. The van der Waals surface area contributed by atoms with Gasteiger partial charge in [0, 0.05) is 23.1 Å². The van der Waals surface area contributed by atoms with Crippen LogP contribution >= 0.6 is 0 Å². The normalized spacial score (nSPS) is 18.2. The monoisotopic (exact) mass is 476 g/mol. The number of rotatable bonds is 7. The first kappa shape index (κ1) is 22.7. The van der Waals surface area contributed by atoms with Crippen LogP contribution in [0.4, 0.5) is 0 Å². The van der Waals surface area contributed by atoms with Crippen LogP contribution in [-0.4, -0.2) is 43.8 Å². The fourth-order valence-corrected chi connectivity index (χ4v) is 4.61. The van der Waals surface area contributed by atoms with E-state index in [4.69, 9.17) is 28.8 Å². The largest absolute Gasteiger partial charge is 0.507 e. The van der Waals surface area contributed by atoms with Crippen LogP contribution in [0.2, 0.25) is 0 Å². The fourth-order valence-electron chi connectivity index (χ4n) is 4.61. The molecular weight excluding hydrogens is 448 g/mol. The van der Waals surface area contributed by atoms with Gasteiger partial charge >= 0.3 is 0 Å². The van der Waals surface area contributed by atoms with Crippen LogP contribution in [0.5, 0.6) is 34.5 Å². The van der Waals surface area contributed by atoms with E-state index in [2.05, 4.69) is 0 Å². The number of para-hydroxylation sites is 1. The van der Waals surface area contributed by atoms with E-state index >= 15 is 0 Å². The second-order valence-electron chi connectivity index (χ2n) is 8.22. The van der Waals surface area contributed by atoms with E-state index in [0.29, 0.717) is 47.3 Å². The molecule has 0 unspecified atom stereocenters. The Bertz CT molecular complexity index is 1270. The Labute approximate surface area is 204 Å². The smallest absolute Gasteiger partial charge is 0.214 e. The third-order valence-electron chi connectivity index (χ3n) is 6.29. The van der Waals surface area contributed by atoms with Gasteiger partial charge in [-0.15, -0.1) is 0 Å². The SMILES string of the molecule is CCOc1ccc([C@@H]2Oc3c(OC)cccc3[C@@H]3CC(c4cc(OC)ccc4O)=NN32)cc1OC. The summed E-state index contributed by atoms with van der Waals surface area (Å²) in [6.07, 6.45) is 0.0354. The van der Waals surface area contributed by atoms with E-state index in [1.165, 1.54) is 0 Å². The number of ether oxygens (including phenoxy) is 5. The van der Waals surface area contributed by atoms with Crippen LogP contribution in [-0.2, 0) is 0 Å². The molecule has 0 spiro atoms. The van der Waals surface area contributed by atoms with Crippen LogP contribution in [0.25, 0.3) is 0 Å². The van der Waals surface area contributed by atoms with Gasteiger partial charge < -0.3 is 28.8 Å². The van der Waals surface area contributed by atoms with Crippen molar-refractivity contribution in [3.63, 3.8) is 0 Å². The Morgan fingerprint density at radius 1 is 0.971 bits per heavy atom. The molecule has 182 valence electrons. The highest BCUT2D eigenvalue weighted by atomic mass is 16.5. The number of hydrazone groups is 1. The highest BCUT2D eigenvalue weighted by Gasteiger charge is 2.42. The Morgan fingerprint density at radius 3 is 2.54 bits per heavy atom. The molecule has 35 heavy (non-hydrogen) atoms. The number of aromatic hydroxyl groups is 1. The van der Waals surface area contributed by atoms with Crippen molar-refractivity contribution in [3.05, 3.63) is 71.3 Å². The molecule has 8 nitrogen and oxygen atoms in total. The predicted octanol–water partition coefficient (Wildman–Crippen LogP) is 5.06. The molecule has 0 radical (unpaired) electrons. The first-order valence-corrected chi connectivity index (χ1v) is 11.4. The maximum Gasteiger partial charge on any atom is 0.214 e. The standard InChI is InChI=1S/C27H28N2O6/c1-5-34-23-12-9-16(13-25(23)33-4)27-29-21(18-7-6-8-24(32-3)26(18)35-27)15-20(28-29)19-14-17(31-2)10-11-22(19)30/h6-14,21,27,30H,5,15H2,1-4H3/t21-,27-/m0/s1. The van der Waals surface area contributed by atoms with E-state index in [0.717, 1.165) is 16.8 Å². The summed E-state index contributed by atoms with van der Waals surface area (Å²) in [5.41, 5.74) is 3.20. The summed E-state index contributed by atoms with van der Waals surface area (Å²) < 4.78 is 28.8. The number of hydrogen-bond donors (Lipinski definition) is 1. The van der Waals surface area contributed by atoms with Crippen molar-refractivity contribution in [2.45, 2.75) is 25.6 Å². The Morgan fingerprint density at radius 2 is 1.80 bits per heavy atom. The summed E-state index contributed by atoms with van der Waals surface area (Å²) in [7, 11) is 4.84. The topological polar surface area (TPSA) is 82.0 Å². The van der Waals surface area contributed by atoms with Crippen molar-refractivity contribution in [2.24, 2.45) is 5.10 Å². The van der Waals surface area contributed by atoms with Gasteiger partial charge in [-0.1, -0.05) is 12.1 Å². The third kappa shape index (κ3) is 3.95. The first-order chi connectivity index (χ1) is 17.1. The van der Waals surface area contributed by atoms with Gasteiger partial charge in [-0.2, -0.15) is 5.10 Å². The highest BCUT2D eigenvalue weighted by molar-refractivity contribution is 6.04. The molecule has 0 fully saturated rings. The predicted molar refractivity (Wildman–Crippen MR) is 131 cm³/mol. The molecule has 2 aliphatic rings. The Balaban J connectivity index is 1.62. The molecule has 0 saturated carbocycles. The van der Waals surface area contributed by atoms with Gasteiger partial charge in [-0.3, -0.25) is 0 Å². The van der Waals surface area contributed by atoms with Gasteiger partial charge in [0.25, 0.3) is 0 Å². The number of fused-ring (bicyclic) bond motifs is 3. The van der Waals surface area contributed by atoms with Gasteiger partial charge in [0.05, 0.1) is 39.7 Å². The van der Waals surface area contributed by atoms with Crippen LogP contribution in [0.1, 0.15) is 42.3 Å². The molecule has 0 saturated heterocycles. The minimum Gasteiger partial charge on any atom is -0.507 e. The van der Waals surface area contributed by atoms with Crippen molar-refractivity contribution in [2.75, 3.05) is 27.9 Å². The summed E-state index contributed by atoms with van der Waals surface area (Å²) in [5, 5.41) is 17.5. The zero-order valence-electron chi connectivity index (χ0n) is 20.1. The number of hydrogen-bond acceptors (Lipinski definition) is 8. The van der Waals surface area contributed by atoms with Crippen molar-refractivity contribution in [3.8, 4) is 34.5 Å². The van der Waals surface area contributed by atoms with Crippen molar-refractivity contribution < 1.29 is 28.8 Å². The lowest BCUT2D eigenvalue weighted by atomic mass is 9.95. The second-order valence-corrected chi connectivity index (χ2v) is 8.22. The second kappa shape index (κ2) is 9.29. The number of benzene rings is 3. The zero-order valence-corrected chi connectivity index (χ0v) is 20.1. The summed E-state index contributed by atoms with van der Waals surface area (Å²) in [6.45, 7) is 2.46. The minimum absolute atomic E-state index is 0.114. The molecule has 3 aromatic rings. The van der Waals surface area contributed by atoms with Crippen molar-refractivity contribution in [1.29, 1.82) is 0 Å². The molecule has 2 heterocycles. The summed E-state index contributed by atoms with van der Waals surface area (Å²) in [4.78, 5) is 0. The molecule has 0 amide bonds. The average Bonchev–Trinajstić information content (AvgIpc) is 3.34. The third-order valence-corrected chi connectivity index (χ3v) is 6.29. The minimum atomic E-state index is -0.543. The molecule has 2 atom stereocenters. The van der Waals surface area contributed by atoms with Crippen molar-refractivity contribution in [1.82, 2.24) is 5.01 Å². The highest BCUT2D eigenvalue weighted by Crippen LogP contribution is 2.51. The lowest BCUT2D eigenvalue weighted by Gasteiger charge is -2.38. The van der Waals surface area contributed by atoms with Crippen molar-refractivity contribution >= 4 is 5.71 Å². The maximum atomic E-state index is 10.6. The van der Waals surface area contributed by atoms with Crippen LogP contribution in [0, 0.1) is 0 Å². The van der Waals surface area contributed by atoms with Gasteiger partial charge in [0.2, 0.25) is 6.23 Å². The van der Waals surface area contributed by atoms with Crippen LogP contribution in [0.3, 0.4) is 0 Å². The van der Waals surface area contributed by atoms with Crippen LogP contribution < -0.4 is 23.7 Å². The molecule has 0 aliphatic carbocycles.